The van der Waals surface area contributed by atoms with E-state index in [1.54, 1.807) is 18.2 Å². The minimum absolute atomic E-state index is 0.281. The molecule has 0 bridgehead atoms. The first-order chi connectivity index (χ1) is 12.5. The number of thiophene rings is 1. The van der Waals surface area contributed by atoms with Crippen molar-refractivity contribution >= 4 is 45.8 Å². The zero-order valence-corrected chi connectivity index (χ0v) is 16.0. The lowest BCUT2D eigenvalue weighted by Gasteiger charge is -2.10. The van der Waals surface area contributed by atoms with Gasteiger partial charge in [-0.2, -0.15) is 0 Å². The molecule has 3 rings (SSSR count). The molecule has 0 radical (unpaired) electrons. The summed E-state index contributed by atoms with van der Waals surface area (Å²) in [6.45, 7) is 0. The minimum Gasteiger partial charge on any atom is -0.365 e. The predicted octanol–water partition coefficient (Wildman–Crippen LogP) is 4.81. The van der Waals surface area contributed by atoms with E-state index in [0.29, 0.717) is 15.6 Å². The highest BCUT2D eigenvalue weighted by Gasteiger charge is 2.23. The zero-order valence-electron chi connectivity index (χ0n) is 14.4. The van der Waals surface area contributed by atoms with Crippen LogP contribution in [0.25, 0.3) is 6.08 Å². The lowest BCUT2D eigenvalue weighted by atomic mass is 9.96. The highest BCUT2D eigenvalue weighted by Crippen LogP contribution is 2.36. The number of anilines is 1. The van der Waals surface area contributed by atoms with Crippen LogP contribution in [0.3, 0.4) is 0 Å². The van der Waals surface area contributed by atoms with Gasteiger partial charge in [-0.3, -0.25) is 9.59 Å². The van der Waals surface area contributed by atoms with Crippen LogP contribution < -0.4 is 11.1 Å². The number of rotatable bonds is 4. The Balaban J connectivity index is 1.80. The SMILES string of the molecule is NC(=O)c1c(NC(=O)/C=C/c2ccc(Cl)cc2)sc2c1CCCCCC2. The van der Waals surface area contributed by atoms with Gasteiger partial charge in [0.2, 0.25) is 5.91 Å². The van der Waals surface area contributed by atoms with Gasteiger partial charge in [-0.25, -0.2) is 0 Å². The van der Waals surface area contributed by atoms with E-state index < -0.39 is 5.91 Å². The molecule has 0 unspecified atom stereocenters. The molecule has 3 N–H and O–H groups in total. The number of halogens is 1. The molecule has 1 aromatic heterocycles. The topological polar surface area (TPSA) is 72.2 Å². The number of aryl methyl sites for hydroxylation is 1. The van der Waals surface area contributed by atoms with Gasteiger partial charge < -0.3 is 11.1 Å². The van der Waals surface area contributed by atoms with Gasteiger partial charge in [-0.1, -0.05) is 36.6 Å². The van der Waals surface area contributed by atoms with E-state index in [4.69, 9.17) is 17.3 Å². The van der Waals surface area contributed by atoms with Crippen LogP contribution in [0.1, 0.15) is 52.0 Å². The summed E-state index contributed by atoms with van der Waals surface area (Å²) >= 11 is 7.34. The van der Waals surface area contributed by atoms with Crippen molar-refractivity contribution < 1.29 is 9.59 Å². The van der Waals surface area contributed by atoms with Crippen molar-refractivity contribution in [3.8, 4) is 0 Å². The molecule has 2 aromatic rings. The molecule has 0 saturated carbocycles. The summed E-state index contributed by atoms with van der Waals surface area (Å²) in [6.07, 6.45) is 9.47. The van der Waals surface area contributed by atoms with Gasteiger partial charge in [0, 0.05) is 16.0 Å². The van der Waals surface area contributed by atoms with Crippen molar-refractivity contribution in [2.75, 3.05) is 5.32 Å². The largest absolute Gasteiger partial charge is 0.365 e. The van der Waals surface area contributed by atoms with Crippen molar-refractivity contribution in [1.29, 1.82) is 0 Å². The molecule has 1 aromatic carbocycles. The highest BCUT2D eigenvalue weighted by molar-refractivity contribution is 7.17. The summed E-state index contributed by atoms with van der Waals surface area (Å²) < 4.78 is 0. The molecular formula is C20H21ClN2O2S. The van der Waals surface area contributed by atoms with Crippen LogP contribution in [-0.2, 0) is 17.6 Å². The third-order valence-corrected chi connectivity index (χ3v) is 5.91. The van der Waals surface area contributed by atoms with E-state index >= 15 is 0 Å². The second-order valence-electron chi connectivity index (χ2n) is 6.36. The molecule has 0 fully saturated rings. The molecule has 4 nitrogen and oxygen atoms in total. The van der Waals surface area contributed by atoms with E-state index in [1.165, 1.54) is 35.1 Å². The van der Waals surface area contributed by atoms with Gasteiger partial charge in [-0.15, -0.1) is 11.3 Å². The van der Waals surface area contributed by atoms with Crippen molar-refractivity contribution in [2.45, 2.75) is 38.5 Å². The average molecular weight is 389 g/mol. The Hall–Kier alpha value is -2.11. The maximum absolute atomic E-state index is 12.3. The van der Waals surface area contributed by atoms with E-state index in [9.17, 15) is 9.59 Å². The first-order valence-corrected chi connectivity index (χ1v) is 9.93. The lowest BCUT2D eigenvalue weighted by Crippen LogP contribution is -2.17. The second-order valence-corrected chi connectivity index (χ2v) is 7.90. The molecule has 136 valence electrons. The molecule has 2 amide bonds. The number of hydrogen-bond acceptors (Lipinski definition) is 3. The molecule has 0 saturated heterocycles. The van der Waals surface area contributed by atoms with Crippen molar-refractivity contribution in [1.82, 2.24) is 0 Å². The number of fused-ring (bicyclic) bond motifs is 1. The molecule has 26 heavy (non-hydrogen) atoms. The van der Waals surface area contributed by atoms with Crippen LogP contribution in [0.4, 0.5) is 5.00 Å². The maximum atomic E-state index is 12.3. The van der Waals surface area contributed by atoms with Crippen LogP contribution in [-0.4, -0.2) is 11.8 Å². The first kappa shape index (κ1) is 18.7. The monoisotopic (exact) mass is 388 g/mol. The van der Waals surface area contributed by atoms with Gasteiger partial charge >= 0.3 is 0 Å². The van der Waals surface area contributed by atoms with E-state index in [2.05, 4.69) is 5.32 Å². The molecular weight excluding hydrogens is 368 g/mol. The van der Waals surface area contributed by atoms with Crippen LogP contribution in [0.5, 0.6) is 0 Å². The van der Waals surface area contributed by atoms with E-state index in [1.807, 2.05) is 12.1 Å². The Morgan fingerprint density at radius 3 is 2.46 bits per heavy atom. The number of amides is 2. The molecule has 0 spiro atoms. The Morgan fingerprint density at radius 2 is 1.77 bits per heavy atom. The smallest absolute Gasteiger partial charge is 0.251 e. The van der Waals surface area contributed by atoms with Crippen LogP contribution in [0.2, 0.25) is 5.02 Å². The van der Waals surface area contributed by atoms with Crippen molar-refractivity contribution in [3.63, 3.8) is 0 Å². The fourth-order valence-corrected chi connectivity index (χ4v) is 4.59. The quantitative estimate of drug-likeness (QED) is 0.737. The Morgan fingerprint density at radius 1 is 1.08 bits per heavy atom. The molecule has 1 heterocycles. The fraction of sp³-hybridized carbons (Fsp3) is 0.300. The summed E-state index contributed by atoms with van der Waals surface area (Å²) in [5.74, 6) is -0.753. The van der Waals surface area contributed by atoms with Crippen LogP contribution in [0.15, 0.2) is 30.3 Å². The normalized spacial score (nSPS) is 14.5. The van der Waals surface area contributed by atoms with Crippen LogP contribution >= 0.6 is 22.9 Å². The molecule has 1 aliphatic rings. The predicted molar refractivity (Wildman–Crippen MR) is 108 cm³/mol. The van der Waals surface area contributed by atoms with Crippen LogP contribution in [0, 0.1) is 0 Å². The third kappa shape index (κ3) is 4.54. The lowest BCUT2D eigenvalue weighted by molar-refractivity contribution is -0.111. The Labute approximate surface area is 162 Å². The Bertz CT molecular complexity index is 840. The van der Waals surface area contributed by atoms with E-state index in [0.717, 1.165) is 36.8 Å². The zero-order chi connectivity index (χ0) is 18.5. The summed E-state index contributed by atoms with van der Waals surface area (Å²) in [4.78, 5) is 25.5. The average Bonchev–Trinajstić information content (AvgIpc) is 2.91. The molecule has 0 atom stereocenters. The number of nitrogens with two attached hydrogens (primary N) is 1. The summed E-state index contributed by atoms with van der Waals surface area (Å²) in [5, 5.41) is 4.05. The number of primary amides is 1. The summed E-state index contributed by atoms with van der Waals surface area (Å²) in [6, 6.07) is 7.20. The minimum atomic E-state index is -0.472. The first-order valence-electron chi connectivity index (χ1n) is 8.73. The van der Waals surface area contributed by atoms with Crippen molar-refractivity contribution in [3.05, 3.63) is 56.9 Å². The third-order valence-electron chi connectivity index (χ3n) is 4.45. The molecule has 1 aliphatic carbocycles. The van der Waals surface area contributed by atoms with Gasteiger partial charge in [-0.05, 0) is 55.0 Å². The van der Waals surface area contributed by atoms with Crippen molar-refractivity contribution in [2.24, 2.45) is 5.73 Å². The Kier molecular flexibility index (Phi) is 6.12. The van der Waals surface area contributed by atoms with Gasteiger partial charge in [0.1, 0.15) is 5.00 Å². The standard InChI is InChI=1S/C20H21ClN2O2S/c21-14-10-7-13(8-11-14)9-12-17(24)23-20-18(19(22)25)15-5-3-1-2-4-6-16(15)26-20/h7-12H,1-6H2,(H2,22,25)(H,23,24)/b12-9+. The molecule has 0 aliphatic heterocycles. The van der Waals surface area contributed by atoms with Gasteiger partial charge in [0.05, 0.1) is 5.56 Å². The van der Waals surface area contributed by atoms with E-state index in [-0.39, 0.29) is 5.91 Å². The summed E-state index contributed by atoms with van der Waals surface area (Å²) in [5.41, 5.74) is 8.00. The number of benzene rings is 1. The van der Waals surface area contributed by atoms with Gasteiger partial charge in [0.25, 0.3) is 5.91 Å². The van der Waals surface area contributed by atoms with Gasteiger partial charge in [0.15, 0.2) is 0 Å². The number of carbonyl (C=O) groups excluding carboxylic acids is 2. The molecule has 6 heteroatoms. The fourth-order valence-electron chi connectivity index (χ4n) is 3.17. The highest BCUT2D eigenvalue weighted by atomic mass is 35.5. The number of nitrogens with one attached hydrogen (secondary N) is 1. The second kappa shape index (κ2) is 8.52. The summed E-state index contributed by atoms with van der Waals surface area (Å²) in [7, 11) is 0. The number of carbonyl (C=O) groups is 2. The number of hydrogen-bond donors (Lipinski definition) is 2. The maximum Gasteiger partial charge on any atom is 0.251 e.